The van der Waals surface area contributed by atoms with Gasteiger partial charge in [0.2, 0.25) is 5.91 Å². The molecule has 10 heteroatoms. The van der Waals surface area contributed by atoms with Gasteiger partial charge in [0.25, 0.3) is 5.91 Å². The van der Waals surface area contributed by atoms with E-state index in [1.165, 1.54) is 0 Å². The maximum Gasteiger partial charge on any atom is 0.272 e. The summed E-state index contributed by atoms with van der Waals surface area (Å²) in [5.41, 5.74) is 1.98. The van der Waals surface area contributed by atoms with Gasteiger partial charge < -0.3 is 15.5 Å². The van der Waals surface area contributed by atoms with Crippen molar-refractivity contribution < 1.29 is 9.59 Å². The zero-order valence-electron chi connectivity index (χ0n) is 21.7. The molecule has 0 aromatic carbocycles. The smallest absolute Gasteiger partial charge is 0.272 e. The van der Waals surface area contributed by atoms with Crippen LogP contribution in [-0.4, -0.2) is 61.5 Å². The van der Waals surface area contributed by atoms with Crippen LogP contribution in [0.1, 0.15) is 69.4 Å². The van der Waals surface area contributed by atoms with Crippen molar-refractivity contribution in [1.82, 2.24) is 29.8 Å². The average molecular weight is 510 g/mol. The summed E-state index contributed by atoms with van der Waals surface area (Å²) in [4.78, 5) is 38.3. The molecule has 2 amide bonds. The van der Waals surface area contributed by atoms with Gasteiger partial charge in [-0.05, 0) is 44.9 Å². The minimum absolute atomic E-state index is 0.00718. The maximum atomic E-state index is 13.7. The van der Waals surface area contributed by atoms with Crippen LogP contribution in [0.4, 0.5) is 5.82 Å². The lowest BCUT2D eigenvalue weighted by atomic mass is 9.88. The Hall–Kier alpha value is -3.01. The highest BCUT2D eigenvalue weighted by atomic mass is 32.1. The lowest BCUT2D eigenvalue weighted by Gasteiger charge is -2.33. The number of hydrogen-bond donors (Lipinski definition) is 2. The Morgan fingerprint density at radius 3 is 2.53 bits per heavy atom. The fraction of sp³-hybridized carbons (Fsp3) is 0.577. The molecule has 5 rings (SSSR count). The van der Waals surface area contributed by atoms with E-state index in [0.717, 1.165) is 41.6 Å². The monoisotopic (exact) mass is 509 g/mol. The van der Waals surface area contributed by atoms with Crippen molar-refractivity contribution in [2.45, 2.75) is 72.4 Å². The average Bonchev–Trinajstić information content (AvgIpc) is 3.46. The molecule has 36 heavy (non-hydrogen) atoms. The van der Waals surface area contributed by atoms with E-state index in [1.54, 1.807) is 22.0 Å². The fourth-order valence-electron chi connectivity index (χ4n) is 4.33. The largest absolute Gasteiger partial charge is 0.367 e. The lowest BCUT2D eigenvalue weighted by molar-refractivity contribution is -0.123. The van der Waals surface area contributed by atoms with E-state index in [9.17, 15) is 9.59 Å². The van der Waals surface area contributed by atoms with E-state index < -0.39 is 0 Å². The van der Waals surface area contributed by atoms with Crippen molar-refractivity contribution in [3.8, 4) is 11.4 Å². The molecule has 1 aliphatic carbocycles. The highest BCUT2D eigenvalue weighted by Crippen LogP contribution is 2.31. The molecule has 4 heterocycles. The first-order valence-corrected chi connectivity index (χ1v) is 13.7. The number of nitrogens with zero attached hydrogens (tertiary/aromatic N) is 5. The molecule has 9 nitrogen and oxygen atoms in total. The van der Waals surface area contributed by atoms with Crippen molar-refractivity contribution in [2.75, 3.05) is 18.4 Å². The maximum absolute atomic E-state index is 13.7. The molecule has 1 saturated heterocycles. The number of anilines is 1. The SMILES string of the molecule is Cc1c(N[C@@H](C)C(C)(C)C)nc(-c2cnn3ccsc23)nc1C(=O)N1CCC(NC(=O)C2CC2)CC1. The second kappa shape index (κ2) is 9.46. The number of fused-ring (bicyclic) bond motifs is 1. The van der Waals surface area contributed by atoms with Crippen LogP contribution in [0.2, 0.25) is 0 Å². The van der Waals surface area contributed by atoms with E-state index in [0.29, 0.717) is 30.4 Å². The van der Waals surface area contributed by atoms with Crippen molar-refractivity contribution in [2.24, 2.45) is 11.3 Å². The predicted octanol–water partition coefficient (Wildman–Crippen LogP) is 4.14. The van der Waals surface area contributed by atoms with Gasteiger partial charge in [0.15, 0.2) is 5.82 Å². The zero-order valence-corrected chi connectivity index (χ0v) is 22.5. The molecule has 2 fully saturated rings. The lowest BCUT2D eigenvalue weighted by Crippen LogP contribution is -2.47. The number of carbonyl (C=O) groups is 2. The third kappa shape index (κ3) is 4.96. The molecule has 0 unspecified atom stereocenters. The van der Waals surface area contributed by atoms with Crippen LogP contribution >= 0.6 is 11.3 Å². The minimum Gasteiger partial charge on any atom is -0.367 e. The molecular weight excluding hydrogens is 474 g/mol. The predicted molar refractivity (Wildman–Crippen MR) is 141 cm³/mol. The second-order valence-corrected chi connectivity index (χ2v) is 12.1. The van der Waals surface area contributed by atoms with Crippen LogP contribution < -0.4 is 10.6 Å². The molecule has 0 bridgehead atoms. The van der Waals surface area contributed by atoms with Gasteiger partial charge in [-0.2, -0.15) is 5.10 Å². The molecule has 3 aromatic rings. The minimum atomic E-state index is -0.0934. The number of aromatic nitrogens is 4. The molecule has 0 spiro atoms. The molecule has 2 aliphatic rings. The van der Waals surface area contributed by atoms with Crippen LogP contribution in [0.25, 0.3) is 16.2 Å². The fourth-order valence-corrected chi connectivity index (χ4v) is 5.12. The Morgan fingerprint density at radius 1 is 1.14 bits per heavy atom. The quantitative estimate of drug-likeness (QED) is 0.518. The third-order valence-electron chi connectivity index (χ3n) is 7.45. The summed E-state index contributed by atoms with van der Waals surface area (Å²) < 4.78 is 1.80. The van der Waals surface area contributed by atoms with Gasteiger partial charge in [-0.15, -0.1) is 11.3 Å². The van der Waals surface area contributed by atoms with Gasteiger partial charge in [-0.25, -0.2) is 14.5 Å². The molecular formula is C26H35N7O2S. The van der Waals surface area contributed by atoms with E-state index in [-0.39, 0.29) is 35.2 Å². The van der Waals surface area contributed by atoms with Crippen molar-refractivity contribution in [3.05, 3.63) is 29.0 Å². The van der Waals surface area contributed by atoms with Crippen molar-refractivity contribution in [1.29, 1.82) is 0 Å². The first-order valence-electron chi connectivity index (χ1n) is 12.8. The molecule has 1 aliphatic heterocycles. The van der Waals surface area contributed by atoms with E-state index in [1.807, 2.05) is 23.4 Å². The Kier molecular flexibility index (Phi) is 6.48. The first kappa shape index (κ1) is 24.7. The highest BCUT2D eigenvalue weighted by Gasteiger charge is 2.33. The highest BCUT2D eigenvalue weighted by molar-refractivity contribution is 7.16. The molecule has 2 N–H and O–H groups in total. The summed E-state index contributed by atoms with van der Waals surface area (Å²) in [5.74, 6) is 1.45. The topological polar surface area (TPSA) is 105 Å². The number of likely N-dealkylation sites (tertiary alicyclic amines) is 1. The van der Waals surface area contributed by atoms with Crippen LogP contribution in [-0.2, 0) is 4.79 Å². The van der Waals surface area contributed by atoms with Crippen LogP contribution in [0, 0.1) is 18.3 Å². The normalized spacial score (nSPS) is 17.9. The number of thiazole rings is 1. The third-order valence-corrected chi connectivity index (χ3v) is 8.34. The van der Waals surface area contributed by atoms with Gasteiger partial charge >= 0.3 is 0 Å². The number of amides is 2. The van der Waals surface area contributed by atoms with Crippen molar-refractivity contribution >= 4 is 33.8 Å². The van der Waals surface area contributed by atoms with Crippen LogP contribution in [0.15, 0.2) is 17.8 Å². The second-order valence-electron chi connectivity index (χ2n) is 11.2. The molecule has 0 radical (unpaired) electrons. The molecule has 1 saturated carbocycles. The Balaban J connectivity index is 1.42. The molecule has 3 aromatic heterocycles. The van der Waals surface area contributed by atoms with Gasteiger partial charge in [-0.1, -0.05) is 20.8 Å². The summed E-state index contributed by atoms with van der Waals surface area (Å²) in [7, 11) is 0. The zero-order chi connectivity index (χ0) is 25.6. The Labute approximate surface area is 215 Å². The van der Waals surface area contributed by atoms with Gasteiger partial charge in [0.05, 0.1) is 11.8 Å². The number of nitrogens with one attached hydrogen (secondary N) is 2. The van der Waals surface area contributed by atoms with E-state index in [4.69, 9.17) is 9.97 Å². The standard InChI is InChI=1S/C26H35N7O2S/c1-15-20(24(35)32-10-8-18(9-11-32)29-23(34)17-6-7-17)30-22(19-14-27-33-12-13-36-25(19)33)31-21(15)28-16(2)26(3,4)5/h12-14,16-18H,6-11H2,1-5H3,(H,29,34)(H,28,30,31)/t16-/m0/s1. The van der Waals surface area contributed by atoms with Gasteiger partial charge in [0.1, 0.15) is 16.3 Å². The summed E-state index contributed by atoms with van der Waals surface area (Å²) in [6.07, 6.45) is 7.17. The summed E-state index contributed by atoms with van der Waals surface area (Å²) in [5, 5.41) is 13.1. The van der Waals surface area contributed by atoms with Gasteiger partial charge in [0, 0.05) is 48.2 Å². The van der Waals surface area contributed by atoms with E-state index in [2.05, 4.69) is 43.4 Å². The molecule has 1 atom stereocenters. The summed E-state index contributed by atoms with van der Waals surface area (Å²) in [6.45, 7) is 11.7. The summed E-state index contributed by atoms with van der Waals surface area (Å²) in [6, 6.07) is 0.259. The molecule has 192 valence electrons. The Morgan fingerprint density at radius 2 is 1.86 bits per heavy atom. The number of rotatable bonds is 6. The van der Waals surface area contributed by atoms with Crippen molar-refractivity contribution in [3.63, 3.8) is 0 Å². The van der Waals surface area contributed by atoms with E-state index >= 15 is 0 Å². The number of hydrogen-bond acceptors (Lipinski definition) is 7. The Bertz CT molecular complexity index is 1280. The number of carbonyl (C=O) groups excluding carboxylic acids is 2. The summed E-state index contributed by atoms with van der Waals surface area (Å²) >= 11 is 1.57. The van der Waals surface area contributed by atoms with Gasteiger partial charge in [-0.3, -0.25) is 9.59 Å². The first-order chi connectivity index (χ1) is 17.1. The number of piperidine rings is 1. The van der Waals surface area contributed by atoms with Crippen LogP contribution in [0.3, 0.4) is 0 Å². The van der Waals surface area contributed by atoms with Crippen LogP contribution in [0.5, 0.6) is 0 Å².